The van der Waals surface area contributed by atoms with Crippen LogP contribution in [0.1, 0.15) is 12.5 Å². The van der Waals surface area contributed by atoms with Gasteiger partial charge in [-0.25, -0.2) is 0 Å². The standard InChI is InChI=1S/C13H18N2O3S/c1-2-15(7-8-16)12(17)9-18-11-6-4-3-5-10(11)13(14)19/h3-6,16H,2,7-9H2,1H3,(H2,14,19). The lowest BCUT2D eigenvalue weighted by Crippen LogP contribution is -2.36. The number of carbonyl (C=O) groups is 1. The molecule has 19 heavy (non-hydrogen) atoms. The van der Waals surface area contributed by atoms with Gasteiger partial charge in [-0.15, -0.1) is 0 Å². The second-order valence-electron chi connectivity index (χ2n) is 3.85. The lowest BCUT2D eigenvalue weighted by Gasteiger charge is -2.20. The van der Waals surface area contributed by atoms with Crippen molar-refractivity contribution >= 4 is 23.1 Å². The highest BCUT2D eigenvalue weighted by Gasteiger charge is 2.13. The third-order valence-electron chi connectivity index (χ3n) is 2.61. The summed E-state index contributed by atoms with van der Waals surface area (Å²) in [4.78, 5) is 13.6. The summed E-state index contributed by atoms with van der Waals surface area (Å²) in [7, 11) is 0. The smallest absolute Gasteiger partial charge is 0.260 e. The van der Waals surface area contributed by atoms with E-state index in [9.17, 15) is 4.79 Å². The van der Waals surface area contributed by atoms with Crippen LogP contribution in [0, 0.1) is 0 Å². The molecule has 0 aliphatic rings. The maximum absolute atomic E-state index is 11.8. The molecule has 0 radical (unpaired) electrons. The quantitative estimate of drug-likeness (QED) is 0.714. The molecule has 1 rings (SSSR count). The molecule has 104 valence electrons. The van der Waals surface area contributed by atoms with E-state index in [1.54, 1.807) is 24.3 Å². The van der Waals surface area contributed by atoms with E-state index in [4.69, 9.17) is 27.8 Å². The zero-order valence-corrected chi connectivity index (χ0v) is 11.7. The monoisotopic (exact) mass is 282 g/mol. The molecule has 0 aliphatic carbocycles. The van der Waals surface area contributed by atoms with Crippen molar-refractivity contribution in [1.29, 1.82) is 0 Å². The zero-order valence-electron chi connectivity index (χ0n) is 10.8. The first-order valence-electron chi connectivity index (χ1n) is 6.00. The number of amides is 1. The lowest BCUT2D eigenvalue weighted by atomic mass is 10.2. The SMILES string of the molecule is CCN(CCO)C(=O)COc1ccccc1C(N)=S. The van der Waals surface area contributed by atoms with Gasteiger partial charge in [-0.05, 0) is 19.1 Å². The highest BCUT2D eigenvalue weighted by Crippen LogP contribution is 2.17. The van der Waals surface area contributed by atoms with Crippen LogP contribution in [0.3, 0.4) is 0 Å². The first-order chi connectivity index (χ1) is 9.10. The highest BCUT2D eigenvalue weighted by molar-refractivity contribution is 7.80. The number of aliphatic hydroxyl groups is 1. The molecule has 1 aromatic rings. The summed E-state index contributed by atoms with van der Waals surface area (Å²) < 4.78 is 5.45. The molecule has 5 nitrogen and oxygen atoms in total. The van der Waals surface area contributed by atoms with Crippen LogP contribution in [0.25, 0.3) is 0 Å². The van der Waals surface area contributed by atoms with Gasteiger partial charge in [0.2, 0.25) is 0 Å². The van der Waals surface area contributed by atoms with Crippen molar-refractivity contribution in [3.05, 3.63) is 29.8 Å². The maximum atomic E-state index is 11.8. The molecular weight excluding hydrogens is 264 g/mol. The van der Waals surface area contributed by atoms with E-state index >= 15 is 0 Å². The number of aliphatic hydroxyl groups excluding tert-OH is 1. The fourth-order valence-electron chi connectivity index (χ4n) is 1.61. The molecule has 0 spiro atoms. The Morgan fingerprint density at radius 1 is 1.47 bits per heavy atom. The second kappa shape index (κ2) is 7.70. The normalized spacial score (nSPS) is 10.0. The van der Waals surface area contributed by atoms with E-state index in [-0.39, 0.29) is 24.1 Å². The topological polar surface area (TPSA) is 75.8 Å². The molecule has 6 heteroatoms. The number of rotatable bonds is 7. The van der Waals surface area contributed by atoms with Crippen LogP contribution >= 0.6 is 12.2 Å². The van der Waals surface area contributed by atoms with Gasteiger partial charge < -0.3 is 20.5 Å². The Bertz CT molecular complexity index is 451. The third-order valence-corrected chi connectivity index (χ3v) is 2.83. The molecule has 3 N–H and O–H groups in total. The summed E-state index contributed by atoms with van der Waals surface area (Å²) in [5.74, 6) is 0.303. The molecule has 0 fully saturated rings. The lowest BCUT2D eigenvalue weighted by molar-refractivity contribution is -0.133. The summed E-state index contributed by atoms with van der Waals surface area (Å²) in [5, 5.41) is 8.85. The number of benzene rings is 1. The zero-order chi connectivity index (χ0) is 14.3. The molecule has 1 aromatic carbocycles. The number of ether oxygens (including phenoxy) is 1. The van der Waals surface area contributed by atoms with E-state index in [1.807, 2.05) is 6.92 Å². The fourth-order valence-corrected chi connectivity index (χ4v) is 1.78. The Kier molecular flexibility index (Phi) is 6.24. The molecule has 0 aliphatic heterocycles. The van der Waals surface area contributed by atoms with E-state index in [2.05, 4.69) is 0 Å². The van der Waals surface area contributed by atoms with Crippen molar-refractivity contribution in [3.63, 3.8) is 0 Å². The third kappa shape index (κ3) is 4.50. The molecular formula is C13H18N2O3S. The van der Waals surface area contributed by atoms with E-state index < -0.39 is 0 Å². The Morgan fingerprint density at radius 3 is 2.74 bits per heavy atom. The van der Waals surface area contributed by atoms with Gasteiger partial charge in [-0.2, -0.15) is 0 Å². The number of para-hydroxylation sites is 1. The minimum atomic E-state index is -0.186. The Morgan fingerprint density at radius 2 is 2.16 bits per heavy atom. The minimum Gasteiger partial charge on any atom is -0.483 e. The minimum absolute atomic E-state index is 0.0664. The molecule has 1 amide bonds. The van der Waals surface area contributed by atoms with Crippen LogP contribution < -0.4 is 10.5 Å². The fraction of sp³-hybridized carbons (Fsp3) is 0.385. The largest absolute Gasteiger partial charge is 0.483 e. The number of carbonyl (C=O) groups excluding carboxylic acids is 1. The Labute approximate surface area is 118 Å². The molecule has 0 saturated carbocycles. The average molecular weight is 282 g/mol. The Hall–Kier alpha value is -1.66. The summed E-state index contributed by atoms with van der Waals surface area (Å²) in [6.45, 7) is 2.50. The van der Waals surface area contributed by atoms with E-state index in [1.165, 1.54) is 4.90 Å². The number of hydrogen-bond acceptors (Lipinski definition) is 4. The molecule has 0 atom stereocenters. The number of thiocarbonyl (C=S) groups is 1. The van der Waals surface area contributed by atoms with Crippen molar-refractivity contribution in [2.45, 2.75) is 6.92 Å². The van der Waals surface area contributed by atoms with Gasteiger partial charge in [0.1, 0.15) is 10.7 Å². The summed E-state index contributed by atoms with van der Waals surface area (Å²) in [6, 6.07) is 7.04. The average Bonchev–Trinajstić information content (AvgIpc) is 2.42. The van der Waals surface area contributed by atoms with Crippen molar-refractivity contribution in [1.82, 2.24) is 4.90 Å². The summed E-state index contributed by atoms with van der Waals surface area (Å²) in [6.07, 6.45) is 0. The highest BCUT2D eigenvalue weighted by atomic mass is 32.1. The summed E-state index contributed by atoms with van der Waals surface area (Å²) >= 11 is 4.91. The summed E-state index contributed by atoms with van der Waals surface area (Å²) in [5.41, 5.74) is 6.18. The van der Waals surface area contributed by atoms with E-state index in [0.29, 0.717) is 24.4 Å². The first-order valence-corrected chi connectivity index (χ1v) is 6.41. The van der Waals surface area contributed by atoms with Gasteiger partial charge in [0, 0.05) is 13.1 Å². The predicted octanol–water partition coefficient (Wildman–Crippen LogP) is 0.540. The van der Waals surface area contributed by atoms with Crippen LogP contribution in [0.5, 0.6) is 5.75 Å². The second-order valence-corrected chi connectivity index (χ2v) is 4.29. The van der Waals surface area contributed by atoms with Crippen LogP contribution in [0.4, 0.5) is 0 Å². The molecule has 0 unspecified atom stereocenters. The van der Waals surface area contributed by atoms with Gasteiger partial charge in [0.25, 0.3) is 5.91 Å². The van der Waals surface area contributed by atoms with Crippen LogP contribution in [0.15, 0.2) is 24.3 Å². The molecule has 0 aromatic heterocycles. The first kappa shape index (κ1) is 15.4. The molecule has 0 saturated heterocycles. The Balaban J connectivity index is 2.66. The van der Waals surface area contributed by atoms with Crippen molar-refractivity contribution in [2.75, 3.05) is 26.3 Å². The number of nitrogens with two attached hydrogens (primary N) is 1. The van der Waals surface area contributed by atoms with Crippen LogP contribution in [-0.4, -0.2) is 47.2 Å². The number of hydrogen-bond donors (Lipinski definition) is 2. The van der Waals surface area contributed by atoms with Crippen molar-refractivity contribution in [2.24, 2.45) is 5.73 Å². The van der Waals surface area contributed by atoms with Gasteiger partial charge in [-0.3, -0.25) is 4.79 Å². The van der Waals surface area contributed by atoms with Crippen molar-refractivity contribution < 1.29 is 14.6 Å². The van der Waals surface area contributed by atoms with Gasteiger partial charge >= 0.3 is 0 Å². The van der Waals surface area contributed by atoms with Gasteiger partial charge in [0.05, 0.1) is 12.2 Å². The van der Waals surface area contributed by atoms with Gasteiger partial charge in [0.15, 0.2) is 6.61 Å². The van der Waals surface area contributed by atoms with E-state index in [0.717, 1.165) is 0 Å². The predicted molar refractivity (Wildman–Crippen MR) is 77.2 cm³/mol. The molecule has 0 heterocycles. The van der Waals surface area contributed by atoms with Gasteiger partial charge in [-0.1, -0.05) is 24.4 Å². The maximum Gasteiger partial charge on any atom is 0.260 e. The number of likely N-dealkylation sites (N-methyl/N-ethyl adjacent to an activating group) is 1. The van der Waals surface area contributed by atoms with Crippen molar-refractivity contribution in [3.8, 4) is 5.75 Å². The van der Waals surface area contributed by atoms with Crippen LogP contribution in [0.2, 0.25) is 0 Å². The number of nitrogens with zero attached hydrogens (tertiary/aromatic N) is 1. The van der Waals surface area contributed by atoms with Crippen LogP contribution in [-0.2, 0) is 4.79 Å². The molecule has 0 bridgehead atoms.